The molecule has 0 spiro atoms. The number of rotatable bonds is 3. The number of halogens is 2. The van der Waals surface area contributed by atoms with Crippen LogP contribution in [0.15, 0.2) is 30.3 Å². The quantitative estimate of drug-likeness (QED) is 0.593. The molecule has 7 heteroatoms. The zero-order chi connectivity index (χ0) is 21.3. The highest BCUT2D eigenvalue weighted by Crippen LogP contribution is 2.40. The number of carbonyl (C=O) groups is 2. The van der Waals surface area contributed by atoms with E-state index < -0.39 is 6.09 Å². The zero-order valence-corrected chi connectivity index (χ0v) is 18.5. The lowest BCUT2D eigenvalue weighted by Crippen LogP contribution is -2.53. The summed E-state index contributed by atoms with van der Waals surface area (Å²) >= 11 is 12.1. The number of hydrogen-bond acceptors (Lipinski definition) is 3. The number of benzene rings is 2. The van der Waals surface area contributed by atoms with Crippen LogP contribution in [-0.2, 0) is 4.74 Å². The van der Waals surface area contributed by atoms with E-state index >= 15 is 0 Å². The van der Waals surface area contributed by atoms with E-state index in [1.54, 1.807) is 34.9 Å². The van der Waals surface area contributed by atoms with Crippen molar-refractivity contribution in [3.63, 3.8) is 0 Å². The van der Waals surface area contributed by atoms with Gasteiger partial charge in [0, 0.05) is 12.1 Å². The molecule has 2 aromatic carbocycles. The summed E-state index contributed by atoms with van der Waals surface area (Å²) in [6.45, 7) is 8.40. The van der Waals surface area contributed by atoms with Gasteiger partial charge in [-0.1, -0.05) is 30.1 Å². The van der Waals surface area contributed by atoms with Crippen molar-refractivity contribution in [2.45, 2.75) is 40.2 Å². The van der Waals surface area contributed by atoms with Crippen LogP contribution >= 0.6 is 23.2 Å². The second kappa shape index (κ2) is 8.64. The summed E-state index contributed by atoms with van der Waals surface area (Å²) in [5, 5.41) is 0.726. The first-order valence-corrected chi connectivity index (χ1v) is 10.4. The van der Waals surface area contributed by atoms with E-state index in [0.717, 1.165) is 11.1 Å². The Kier molecular flexibility index (Phi) is 6.39. The molecule has 1 atom stereocenters. The minimum atomic E-state index is -0.398. The van der Waals surface area contributed by atoms with Gasteiger partial charge in [-0.2, -0.15) is 0 Å². The fraction of sp³-hybridized carbons (Fsp3) is 0.364. The number of fused-ring (bicyclic) bond motifs is 1. The molecule has 0 N–H and O–H groups in total. The average molecular weight is 435 g/mol. The predicted octanol–water partition coefficient (Wildman–Crippen LogP) is 6.01. The Bertz CT molecular complexity index is 961. The Morgan fingerprint density at radius 3 is 2.28 bits per heavy atom. The highest BCUT2D eigenvalue weighted by Gasteiger charge is 2.37. The van der Waals surface area contributed by atoms with Gasteiger partial charge in [0.05, 0.1) is 34.1 Å². The molecule has 1 aliphatic rings. The topological polar surface area (TPSA) is 49.9 Å². The molecular weight excluding hydrogens is 411 g/mol. The normalized spacial score (nSPS) is 15.9. The number of carbonyl (C=O) groups excluding carboxylic acids is 2. The van der Waals surface area contributed by atoms with Crippen molar-refractivity contribution in [1.82, 2.24) is 0 Å². The number of anilines is 2. The van der Waals surface area contributed by atoms with E-state index in [2.05, 4.69) is 0 Å². The van der Waals surface area contributed by atoms with Crippen LogP contribution in [0.25, 0.3) is 0 Å². The lowest BCUT2D eigenvalue weighted by molar-refractivity contribution is 0.0981. The van der Waals surface area contributed by atoms with E-state index in [1.165, 1.54) is 0 Å². The SMILES string of the molecule is CCOC(=O)N1c2cc(C)c(C)cc2N(C(=O)c2ccc(Cl)c(Cl)c2)CC1CC. The number of aryl methyl sites for hydroxylation is 2. The van der Waals surface area contributed by atoms with Crippen LogP contribution in [0, 0.1) is 13.8 Å². The summed E-state index contributed by atoms with van der Waals surface area (Å²) in [6, 6.07) is 8.54. The van der Waals surface area contributed by atoms with Gasteiger partial charge >= 0.3 is 6.09 Å². The summed E-state index contributed by atoms with van der Waals surface area (Å²) < 4.78 is 5.30. The van der Waals surface area contributed by atoms with Gasteiger partial charge in [0.1, 0.15) is 0 Å². The maximum Gasteiger partial charge on any atom is 0.414 e. The van der Waals surface area contributed by atoms with Gasteiger partial charge < -0.3 is 9.64 Å². The van der Waals surface area contributed by atoms with Crippen molar-refractivity contribution in [3.05, 3.63) is 57.1 Å². The molecule has 0 fully saturated rings. The smallest absolute Gasteiger partial charge is 0.414 e. The van der Waals surface area contributed by atoms with Gasteiger partial charge in [-0.25, -0.2) is 4.79 Å². The highest BCUT2D eigenvalue weighted by atomic mass is 35.5. The summed E-state index contributed by atoms with van der Waals surface area (Å²) in [6.07, 6.45) is 0.279. The summed E-state index contributed by atoms with van der Waals surface area (Å²) in [5.41, 5.74) is 3.88. The van der Waals surface area contributed by atoms with E-state index in [1.807, 2.05) is 32.9 Å². The number of ether oxygens (including phenoxy) is 1. The molecule has 0 aliphatic carbocycles. The molecule has 0 saturated carbocycles. The maximum absolute atomic E-state index is 13.4. The van der Waals surface area contributed by atoms with Crippen LogP contribution in [0.4, 0.5) is 16.2 Å². The van der Waals surface area contributed by atoms with Crippen molar-refractivity contribution in [3.8, 4) is 0 Å². The third-order valence-corrected chi connectivity index (χ3v) is 5.99. The van der Waals surface area contributed by atoms with E-state index in [-0.39, 0.29) is 18.6 Å². The number of amides is 2. The van der Waals surface area contributed by atoms with Gasteiger partial charge in [0.25, 0.3) is 5.91 Å². The first-order valence-electron chi connectivity index (χ1n) is 9.62. The first-order chi connectivity index (χ1) is 13.8. The zero-order valence-electron chi connectivity index (χ0n) is 17.0. The van der Waals surface area contributed by atoms with Crippen LogP contribution in [0.1, 0.15) is 41.8 Å². The highest BCUT2D eigenvalue weighted by molar-refractivity contribution is 6.42. The van der Waals surface area contributed by atoms with Crippen LogP contribution < -0.4 is 9.80 Å². The Labute approximate surface area is 181 Å². The minimum Gasteiger partial charge on any atom is -0.449 e. The minimum absolute atomic E-state index is 0.185. The number of nitrogens with zero attached hydrogens (tertiary/aromatic N) is 2. The monoisotopic (exact) mass is 434 g/mol. The molecule has 0 bridgehead atoms. The van der Waals surface area contributed by atoms with Gasteiger partial charge in [-0.3, -0.25) is 9.69 Å². The molecule has 0 aromatic heterocycles. The van der Waals surface area contributed by atoms with Crippen molar-refractivity contribution >= 4 is 46.6 Å². The molecule has 5 nitrogen and oxygen atoms in total. The average Bonchev–Trinajstić information content (AvgIpc) is 2.69. The van der Waals surface area contributed by atoms with Crippen molar-refractivity contribution in [2.24, 2.45) is 0 Å². The van der Waals surface area contributed by atoms with E-state index in [0.29, 0.717) is 39.9 Å². The predicted molar refractivity (Wildman–Crippen MR) is 118 cm³/mol. The lowest BCUT2D eigenvalue weighted by Gasteiger charge is -2.42. The van der Waals surface area contributed by atoms with Crippen LogP contribution in [0.5, 0.6) is 0 Å². The maximum atomic E-state index is 13.4. The molecule has 2 aromatic rings. The third kappa shape index (κ3) is 4.07. The number of hydrogen-bond donors (Lipinski definition) is 0. The largest absolute Gasteiger partial charge is 0.449 e. The Morgan fingerprint density at radius 2 is 1.69 bits per heavy atom. The first kappa shape index (κ1) is 21.5. The molecular formula is C22H24Cl2N2O3. The van der Waals surface area contributed by atoms with Crippen molar-refractivity contribution < 1.29 is 14.3 Å². The van der Waals surface area contributed by atoms with Gasteiger partial charge in [0.15, 0.2) is 0 Å². The van der Waals surface area contributed by atoms with E-state index in [4.69, 9.17) is 27.9 Å². The third-order valence-electron chi connectivity index (χ3n) is 5.25. The Balaban J connectivity index is 2.12. The standard InChI is InChI=1S/C22H24Cl2N2O3/c1-5-16-12-25(21(27)15-7-8-17(23)18(24)11-15)19-9-13(3)14(4)10-20(19)26(16)22(28)29-6-2/h7-11,16H,5-6,12H2,1-4H3. The van der Waals surface area contributed by atoms with Crippen LogP contribution in [0.3, 0.4) is 0 Å². The molecule has 1 heterocycles. The molecule has 154 valence electrons. The van der Waals surface area contributed by atoms with E-state index in [9.17, 15) is 9.59 Å². The fourth-order valence-electron chi connectivity index (χ4n) is 3.51. The molecule has 1 aliphatic heterocycles. The summed E-state index contributed by atoms with van der Waals surface area (Å²) in [5.74, 6) is -0.185. The molecule has 0 saturated heterocycles. The Morgan fingerprint density at radius 1 is 1.03 bits per heavy atom. The second-order valence-corrected chi connectivity index (χ2v) is 7.92. The molecule has 29 heavy (non-hydrogen) atoms. The van der Waals surface area contributed by atoms with Crippen LogP contribution in [-0.4, -0.2) is 31.2 Å². The summed E-state index contributed by atoms with van der Waals surface area (Å²) in [7, 11) is 0. The van der Waals surface area contributed by atoms with Crippen LogP contribution in [0.2, 0.25) is 10.0 Å². The van der Waals surface area contributed by atoms with Crippen molar-refractivity contribution in [1.29, 1.82) is 0 Å². The fourth-order valence-corrected chi connectivity index (χ4v) is 3.81. The molecule has 1 unspecified atom stereocenters. The molecule has 2 amide bonds. The van der Waals surface area contributed by atoms with Gasteiger partial charge in [-0.15, -0.1) is 0 Å². The molecule has 0 radical (unpaired) electrons. The van der Waals surface area contributed by atoms with Crippen molar-refractivity contribution in [2.75, 3.05) is 23.0 Å². The van der Waals surface area contributed by atoms with Gasteiger partial charge in [0.2, 0.25) is 0 Å². The Hall–Kier alpha value is -2.24. The van der Waals surface area contributed by atoms with Gasteiger partial charge in [-0.05, 0) is 68.7 Å². The lowest BCUT2D eigenvalue weighted by atomic mass is 9.99. The summed E-state index contributed by atoms with van der Waals surface area (Å²) in [4.78, 5) is 29.5. The second-order valence-electron chi connectivity index (χ2n) is 7.10. The molecule has 3 rings (SSSR count).